The second-order valence-corrected chi connectivity index (χ2v) is 6.21. The summed E-state index contributed by atoms with van der Waals surface area (Å²) in [7, 11) is 0. The summed E-state index contributed by atoms with van der Waals surface area (Å²) in [6.45, 7) is 2.25. The number of nitrogens with one attached hydrogen (secondary N) is 1. The number of hydrogen-bond acceptors (Lipinski definition) is 2. The van der Waals surface area contributed by atoms with Crippen molar-refractivity contribution in [2.45, 2.75) is 44.9 Å². The van der Waals surface area contributed by atoms with E-state index in [0.717, 1.165) is 25.0 Å². The lowest BCUT2D eigenvalue weighted by molar-refractivity contribution is -0.122. The van der Waals surface area contributed by atoms with Gasteiger partial charge in [0.15, 0.2) is 0 Å². The highest BCUT2D eigenvalue weighted by molar-refractivity contribution is 5.88. The Bertz CT molecular complexity index is 509. The van der Waals surface area contributed by atoms with Gasteiger partial charge in [0.2, 0.25) is 5.91 Å². The van der Waals surface area contributed by atoms with E-state index in [-0.39, 0.29) is 11.8 Å². The van der Waals surface area contributed by atoms with E-state index in [2.05, 4.69) is 29.6 Å². The van der Waals surface area contributed by atoms with Crippen molar-refractivity contribution in [3.05, 3.63) is 35.9 Å². The van der Waals surface area contributed by atoms with E-state index < -0.39 is 0 Å². The zero-order valence-corrected chi connectivity index (χ0v) is 12.0. The smallest absolute Gasteiger partial charge is 0.243 e. The lowest BCUT2D eigenvalue weighted by atomic mass is 9.89. The van der Waals surface area contributed by atoms with Gasteiger partial charge in [-0.25, -0.2) is 5.43 Å². The highest BCUT2D eigenvalue weighted by atomic mass is 16.2. The fourth-order valence-electron chi connectivity index (χ4n) is 3.13. The summed E-state index contributed by atoms with van der Waals surface area (Å²) in [6.07, 6.45) is 5.51. The molecule has 1 aromatic carbocycles. The molecular weight excluding hydrogens is 248 g/mol. The molecule has 2 fully saturated rings. The van der Waals surface area contributed by atoms with E-state index in [1.54, 1.807) is 0 Å². The SMILES string of the molecule is C[C@H]1CCC/C(=N\NC(=O)[C@@H]2C[C@@H]2c2ccccc2)C1. The van der Waals surface area contributed by atoms with Crippen LogP contribution in [0.3, 0.4) is 0 Å². The normalized spacial score (nSPS) is 31.1. The minimum atomic E-state index is 0.0876. The zero-order chi connectivity index (χ0) is 13.9. The van der Waals surface area contributed by atoms with Crippen molar-refractivity contribution < 1.29 is 4.79 Å². The first-order valence-electron chi connectivity index (χ1n) is 7.64. The largest absolute Gasteiger partial charge is 0.273 e. The maximum Gasteiger partial charge on any atom is 0.243 e. The van der Waals surface area contributed by atoms with Gasteiger partial charge in [-0.3, -0.25) is 4.79 Å². The van der Waals surface area contributed by atoms with Gasteiger partial charge in [-0.2, -0.15) is 5.10 Å². The maximum absolute atomic E-state index is 12.1. The van der Waals surface area contributed by atoms with Gasteiger partial charge in [0.1, 0.15) is 0 Å². The molecule has 106 valence electrons. The Morgan fingerprint density at radius 1 is 1.30 bits per heavy atom. The Morgan fingerprint density at radius 3 is 2.85 bits per heavy atom. The second kappa shape index (κ2) is 5.78. The quantitative estimate of drug-likeness (QED) is 0.839. The molecule has 2 saturated carbocycles. The van der Waals surface area contributed by atoms with E-state index in [4.69, 9.17) is 0 Å². The summed E-state index contributed by atoms with van der Waals surface area (Å²) in [6, 6.07) is 10.3. The van der Waals surface area contributed by atoms with Crippen LogP contribution in [0.4, 0.5) is 0 Å². The van der Waals surface area contributed by atoms with Gasteiger partial charge in [0, 0.05) is 11.6 Å². The summed E-state index contributed by atoms with van der Waals surface area (Å²) in [5, 5.41) is 4.34. The number of hydrazone groups is 1. The van der Waals surface area contributed by atoms with Crippen LogP contribution < -0.4 is 5.43 Å². The van der Waals surface area contributed by atoms with Gasteiger partial charge in [0.05, 0.1) is 0 Å². The highest BCUT2D eigenvalue weighted by Gasteiger charge is 2.43. The Morgan fingerprint density at radius 2 is 2.10 bits per heavy atom. The molecule has 1 amide bonds. The van der Waals surface area contributed by atoms with E-state index >= 15 is 0 Å². The Labute approximate surface area is 120 Å². The number of benzene rings is 1. The zero-order valence-electron chi connectivity index (χ0n) is 12.0. The molecular formula is C17H22N2O. The average Bonchev–Trinajstić information content (AvgIpc) is 3.26. The van der Waals surface area contributed by atoms with E-state index in [1.807, 2.05) is 18.2 Å². The average molecular weight is 270 g/mol. The molecule has 3 nitrogen and oxygen atoms in total. The third-order valence-electron chi connectivity index (χ3n) is 4.43. The molecule has 0 saturated heterocycles. The van der Waals surface area contributed by atoms with E-state index in [9.17, 15) is 4.79 Å². The highest BCUT2D eigenvalue weighted by Crippen LogP contribution is 2.47. The van der Waals surface area contributed by atoms with E-state index in [0.29, 0.717) is 11.8 Å². The maximum atomic E-state index is 12.1. The monoisotopic (exact) mass is 270 g/mol. The molecule has 1 N–H and O–H groups in total. The molecule has 0 spiro atoms. The van der Waals surface area contributed by atoms with Gasteiger partial charge in [-0.05, 0) is 49.5 Å². The standard InChI is InChI=1S/C17H22N2O/c1-12-6-5-9-14(10-12)18-19-17(20)16-11-15(16)13-7-3-2-4-8-13/h2-4,7-8,12,15-16H,5-6,9-11H2,1H3,(H,19,20)/b18-14+/t12-,15+,16+/m0/s1. The molecule has 20 heavy (non-hydrogen) atoms. The van der Waals surface area contributed by atoms with Gasteiger partial charge in [-0.1, -0.05) is 37.3 Å². The second-order valence-electron chi connectivity index (χ2n) is 6.21. The molecule has 0 radical (unpaired) electrons. The third kappa shape index (κ3) is 3.09. The Balaban J connectivity index is 1.53. The third-order valence-corrected chi connectivity index (χ3v) is 4.43. The minimum absolute atomic E-state index is 0.0876. The van der Waals surface area contributed by atoms with Crippen LogP contribution in [0.5, 0.6) is 0 Å². The number of carbonyl (C=O) groups excluding carboxylic acids is 1. The molecule has 1 aromatic rings. The fraction of sp³-hybridized carbons (Fsp3) is 0.529. The Kier molecular flexibility index (Phi) is 3.86. The van der Waals surface area contributed by atoms with Gasteiger partial charge in [0.25, 0.3) is 0 Å². The van der Waals surface area contributed by atoms with Crippen molar-refractivity contribution in [1.29, 1.82) is 0 Å². The van der Waals surface area contributed by atoms with Crippen molar-refractivity contribution in [3.63, 3.8) is 0 Å². The molecule has 0 aromatic heterocycles. The first kappa shape index (κ1) is 13.3. The lowest BCUT2D eigenvalue weighted by Gasteiger charge is -2.18. The first-order chi connectivity index (χ1) is 9.74. The first-order valence-corrected chi connectivity index (χ1v) is 7.64. The van der Waals surface area contributed by atoms with Crippen LogP contribution in [-0.2, 0) is 4.79 Å². The van der Waals surface area contributed by atoms with Crippen LogP contribution in [0.25, 0.3) is 0 Å². The predicted octanol–water partition coefficient (Wildman–Crippen LogP) is 3.47. The van der Waals surface area contributed by atoms with E-state index in [1.165, 1.54) is 18.4 Å². The molecule has 0 bridgehead atoms. The number of carbonyl (C=O) groups is 1. The molecule has 0 heterocycles. The number of rotatable bonds is 3. The predicted molar refractivity (Wildman–Crippen MR) is 80.5 cm³/mol. The van der Waals surface area contributed by atoms with Crippen LogP contribution in [0.1, 0.15) is 50.5 Å². The molecule has 3 heteroatoms. The van der Waals surface area contributed by atoms with Crippen LogP contribution in [0.15, 0.2) is 35.4 Å². The molecule has 2 aliphatic carbocycles. The molecule has 3 atom stereocenters. The number of amides is 1. The van der Waals surface area contributed by atoms with Gasteiger partial charge >= 0.3 is 0 Å². The summed E-state index contributed by atoms with van der Waals surface area (Å²) < 4.78 is 0. The minimum Gasteiger partial charge on any atom is -0.273 e. The number of nitrogens with zero attached hydrogens (tertiary/aromatic N) is 1. The summed E-state index contributed by atoms with van der Waals surface area (Å²) >= 11 is 0. The van der Waals surface area contributed by atoms with Crippen molar-refractivity contribution in [1.82, 2.24) is 5.43 Å². The summed E-state index contributed by atoms with van der Waals surface area (Å²) in [5.74, 6) is 1.30. The summed E-state index contributed by atoms with van der Waals surface area (Å²) in [5.41, 5.74) is 5.21. The van der Waals surface area contributed by atoms with Crippen LogP contribution in [0, 0.1) is 11.8 Å². The van der Waals surface area contributed by atoms with Crippen molar-refractivity contribution >= 4 is 11.6 Å². The van der Waals surface area contributed by atoms with Crippen molar-refractivity contribution in [2.75, 3.05) is 0 Å². The van der Waals surface area contributed by atoms with Gasteiger partial charge in [-0.15, -0.1) is 0 Å². The van der Waals surface area contributed by atoms with Gasteiger partial charge < -0.3 is 0 Å². The van der Waals surface area contributed by atoms with Crippen molar-refractivity contribution in [2.24, 2.45) is 16.9 Å². The van der Waals surface area contributed by atoms with Crippen LogP contribution in [0.2, 0.25) is 0 Å². The molecule has 3 rings (SSSR count). The fourth-order valence-corrected chi connectivity index (χ4v) is 3.13. The number of hydrogen-bond donors (Lipinski definition) is 1. The summed E-state index contributed by atoms with van der Waals surface area (Å²) in [4.78, 5) is 12.1. The Hall–Kier alpha value is -1.64. The van der Waals surface area contributed by atoms with Crippen LogP contribution >= 0.6 is 0 Å². The lowest BCUT2D eigenvalue weighted by Crippen LogP contribution is -2.23. The molecule has 0 aliphatic heterocycles. The van der Waals surface area contributed by atoms with Crippen molar-refractivity contribution in [3.8, 4) is 0 Å². The molecule has 2 aliphatic rings. The topological polar surface area (TPSA) is 41.5 Å². The van der Waals surface area contributed by atoms with Crippen LogP contribution in [-0.4, -0.2) is 11.6 Å². The molecule has 0 unspecified atom stereocenters.